The van der Waals surface area contributed by atoms with Gasteiger partial charge in [-0.25, -0.2) is 18.7 Å². The first-order chi connectivity index (χ1) is 11.5. The molecule has 1 unspecified atom stereocenters. The molecule has 5 nitrogen and oxygen atoms in total. The number of fused-ring (bicyclic) bond motifs is 2. The lowest BCUT2D eigenvalue weighted by Gasteiger charge is -2.06. The van der Waals surface area contributed by atoms with Crippen molar-refractivity contribution in [2.24, 2.45) is 0 Å². The van der Waals surface area contributed by atoms with Gasteiger partial charge in [-0.05, 0) is 18.2 Å². The zero-order valence-corrected chi connectivity index (χ0v) is 14.0. The molecule has 0 aliphatic heterocycles. The van der Waals surface area contributed by atoms with Crippen molar-refractivity contribution in [1.82, 2.24) is 19.5 Å². The van der Waals surface area contributed by atoms with Crippen molar-refractivity contribution >= 4 is 43.9 Å². The normalized spacial score (nSPS) is 13.0. The third-order valence-electron chi connectivity index (χ3n) is 3.58. The lowest BCUT2D eigenvalue weighted by Crippen LogP contribution is -2.03. The van der Waals surface area contributed by atoms with Gasteiger partial charge in [0.25, 0.3) is 0 Å². The van der Waals surface area contributed by atoms with Crippen LogP contribution < -0.4 is 0 Å². The smallest absolute Gasteiger partial charge is 0.302 e. The highest BCUT2D eigenvalue weighted by atomic mass is 32.2. The topological polar surface area (TPSA) is 66.7 Å². The molecule has 0 bridgehead atoms. The van der Waals surface area contributed by atoms with E-state index in [9.17, 15) is 13.3 Å². The molecule has 0 aliphatic carbocycles. The fourth-order valence-electron chi connectivity index (χ4n) is 2.48. The minimum atomic E-state index is -1.39. The molecular weight excluding hydrogens is 354 g/mol. The number of rotatable bonds is 3. The van der Waals surface area contributed by atoms with Gasteiger partial charge in [0.05, 0.1) is 17.6 Å². The fraction of sp³-hybridized carbons (Fsp3) is 0.133. The Hall–Kier alpha value is -2.10. The molecule has 9 heteroatoms. The fourth-order valence-corrected chi connectivity index (χ4v) is 4.19. The minimum absolute atomic E-state index is 0.0765. The van der Waals surface area contributed by atoms with Crippen molar-refractivity contribution in [2.75, 3.05) is 6.26 Å². The molecule has 0 saturated carbocycles. The van der Waals surface area contributed by atoms with E-state index in [4.69, 9.17) is 0 Å². The Kier molecular flexibility index (Phi) is 3.70. The highest BCUT2D eigenvalue weighted by molar-refractivity contribution is 7.92. The van der Waals surface area contributed by atoms with E-state index in [0.717, 1.165) is 17.4 Å². The van der Waals surface area contributed by atoms with E-state index in [2.05, 4.69) is 15.0 Å². The average molecular weight is 364 g/mol. The maximum Gasteiger partial charge on any atom is 0.302 e. The largest absolute Gasteiger partial charge is 0.610 e. The maximum absolute atomic E-state index is 14.8. The number of pyridine rings is 1. The number of thiazole rings is 1. The Morgan fingerprint density at radius 1 is 1.33 bits per heavy atom. The Bertz CT molecular complexity index is 1060. The first-order valence-electron chi connectivity index (χ1n) is 6.91. The molecule has 0 fully saturated rings. The van der Waals surface area contributed by atoms with Crippen LogP contribution in [-0.4, -0.2) is 30.3 Å². The van der Waals surface area contributed by atoms with Crippen LogP contribution >= 0.6 is 11.3 Å². The molecule has 4 rings (SSSR count). The van der Waals surface area contributed by atoms with E-state index in [1.807, 2.05) is 0 Å². The second-order valence-corrected chi connectivity index (χ2v) is 7.71. The molecule has 0 saturated heterocycles. The third kappa shape index (κ3) is 2.45. The van der Waals surface area contributed by atoms with Crippen LogP contribution in [0.5, 0.6) is 0 Å². The SMILES string of the molecule is C[S+]([O-])c1nc2c(F)cc(Cn3cnc4cccnc43)c(F)c2s1. The summed E-state index contributed by atoms with van der Waals surface area (Å²) in [4.78, 5) is 12.3. The highest BCUT2D eigenvalue weighted by Crippen LogP contribution is 2.32. The van der Waals surface area contributed by atoms with Crippen LogP contribution in [0, 0.1) is 11.6 Å². The zero-order valence-electron chi connectivity index (χ0n) is 12.4. The summed E-state index contributed by atoms with van der Waals surface area (Å²) < 4.78 is 42.5. The lowest BCUT2D eigenvalue weighted by molar-refractivity contribution is 0.593. The van der Waals surface area contributed by atoms with Gasteiger partial charge in [0.1, 0.15) is 23.1 Å². The maximum atomic E-state index is 14.8. The van der Waals surface area contributed by atoms with Crippen molar-refractivity contribution in [3.63, 3.8) is 0 Å². The van der Waals surface area contributed by atoms with Crippen molar-refractivity contribution in [3.05, 3.63) is 47.9 Å². The molecule has 24 heavy (non-hydrogen) atoms. The summed E-state index contributed by atoms with van der Waals surface area (Å²) in [6.07, 6.45) is 4.59. The number of halogens is 2. The molecule has 3 aromatic heterocycles. The number of aromatic nitrogens is 4. The lowest BCUT2D eigenvalue weighted by atomic mass is 10.2. The van der Waals surface area contributed by atoms with E-state index >= 15 is 0 Å². The Labute approximate surface area is 142 Å². The number of hydrogen-bond acceptors (Lipinski definition) is 5. The molecule has 3 heterocycles. The van der Waals surface area contributed by atoms with Crippen molar-refractivity contribution in [3.8, 4) is 0 Å². The van der Waals surface area contributed by atoms with Gasteiger partial charge in [-0.15, -0.1) is 0 Å². The van der Waals surface area contributed by atoms with E-state index < -0.39 is 22.8 Å². The van der Waals surface area contributed by atoms with Gasteiger partial charge >= 0.3 is 4.34 Å². The standard InChI is InChI=1S/C15H10F2N4OS2/c1-24(22)15-20-12-9(16)5-8(11(17)13(12)23-15)6-21-7-19-10-3-2-4-18-14(10)21/h2-5,7H,6H2,1H3. The van der Waals surface area contributed by atoms with Gasteiger partial charge in [-0.2, -0.15) is 4.98 Å². The number of hydrogen-bond donors (Lipinski definition) is 0. The third-order valence-corrected chi connectivity index (χ3v) is 5.96. The molecule has 122 valence electrons. The van der Waals surface area contributed by atoms with E-state index in [0.29, 0.717) is 11.2 Å². The molecule has 0 radical (unpaired) electrons. The first-order valence-corrected chi connectivity index (χ1v) is 9.28. The van der Waals surface area contributed by atoms with E-state index in [1.54, 1.807) is 29.2 Å². The summed E-state index contributed by atoms with van der Waals surface area (Å²) in [5.41, 5.74) is 1.36. The second-order valence-electron chi connectivity index (χ2n) is 5.16. The summed E-state index contributed by atoms with van der Waals surface area (Å²) in [7, 11) is 0. The molecule has 0 amide bonds. The molecule has 1 aromatic carbocycles. The first kappa shape index (κ1) is 15.4. The highest BCUT2D eigenvalue weighted by Gasteiger charge is 2.21. The molecule has 1 atom stereocenters. The molecule has 4 aromatic rings. The Morgan fingerprint density at radius 2 is 2.17 bits per heavy atom. The predicted molar refractivity (Wildman–Crippen MR) is 88.5 cm³/mol. The molecule has 0 N–H and O–H groups in total. The summed E-state index contributed by atoms with van der Waals surface area (Å²) >= 11 is -0.476. The quantitative estimate of drug-likeness (QED) is 0.524. The van der Waals surface area contributed by atoms with Gasteiger partial charge in [0, 0.05) is 22.9 Å². The summed E-state index contributed by atoms with van der Waals surface area (Å²) in [5, 5.41) is 0. The molecule has 0 aliphatic rings. The van der Waals surface area contributed by atoms with E-state index in [-0.39, 0.29) is 26.7 Å². The van der Waals surface area contributed by atoms with Crippen LogP contribution in [0.1, 0.15) is 5.56 Å². The Balaban J connectivity index is 1.83. The monoisotopic (exact) mass is 364 g/mol. The Morgan fingerprint density at radius 3 is 2.96 bits per heavy atom. The van der Waals surface area contributed by atoms with Crippen molar-refractivity contribution in [1.29, 1.82) is 0 Å². The van der Waals surface area contributed by atoms with Gasteiger partial charge in [-0.3, -0.25) is 0 Å². The zero-order chi connectivity index (χ0) is 16.8. The summed E-state index contributed by atoms with van der Waals surface area (Å²) in [6, 6.07) is 4.68. The number of imidazole rings is 1. The van der Waals surface area contributed by atoms with Crippen LogP contribution in [0.25, 0.3) is 21.4 Å². The van der Waals surface area contributed by atoms with E-state index in [1.165, 1.54) is 6.26 Å². The van der Waals surface area contributed by atoms with Crippen molar-refractivity contribution < 1.29 is 13.3 Å². The predicted octanol–water partition coefficient (Wildman–Crippen LogP) is 3.10. The van der Waals surface area contributed by atoms with Gasteiger partial charge in [0.2, 0.25) is 0 Å². The molecular formula is C15H10F2N4OS2. The molecule has 0 spiro atoms. The minimum Gasteiger partial charge on any atom is -0.610 e. The van der Waals surface area contributed by atoms with Crippen LogP contribution in [0.2, 0.25) is 0 Å². The van der Waals surface area contributed by atoms with Crippen LogP contribution in [0.3, 0.4) is 0 Å². The van der Waals surface area contributed by atoms with Crippen LogP contribution in [0.4, 0.5) is 8.78 Å². The summed E-state index contributed by atoms with van der Waals surface area (Å²) in [6.45, 7) is 0.0919. The van der Waals surface area contributed by atoms with Crippen LogP contribution in [-0.2, 0) is 17.7 Å². The second kappa shape index (κ2) is 5.76. The van der Waals surface area contributed by atoms with Gasteiger partial charge < -0.3 is 9.12 Å². The number of benzene rings is 1. The number of nitrogens with zero attached hydrogens (tertiary/aromatic N) is 4. The van der Waals surface area contributed by atoms with Crippen molar-refractivity contribution in [2.45, 2.75) is 10.9 Å². The van der Waals surface area contributed by atoms with Crippen LogP contribution in [0.15, 0.2) is 35.1 Å². The van der Waals surface area contributed by atoms with Gasteiger partial charge in [0.15, 0.2) is 11.5 Å². The average Bonchev–Trinajstić information content (AvgIpc) is 3.18. The van der Waals surface area contributed by atoms with Gasteiger partial charge in [-0.1, -0.05) is 11.3 Å². The summed E-state index contributed by atoms with van der Waals surface area (Å²) in [5.74, 6) is -1.19.